The van der Waals surface area contributed by atoms with Crippen molar-refractivity contribution >= 4 is 34.6 Å². The predicted octanol–water partition coefficient (Wildman–Crippen LogP) is 4.55. The van der Waals surface area contributed by atoms with Gasteiger partial charge in [0, 0.05) is 49.3 Å². The van der Waals surface area contributed by atoms with Crippen molar-refractivity contribution in [1.29, 1.82) is 0 Å². The van der Waals surface area contributed by atoms with Crippen molar-refractivity contribution in [1.82, 2.24) is 34.9 Å². The van der Waals surface area contributed by atoms with E-state index in [1.165, 1.54) is 17.3 Å². The molecule has 3 N–H and O–H groups in total. The van der Waals surface area contributed by atoms with Crippen LogP contribution in [0, 0.1) is 5.82 Å². The number of rotatable bonds is 7. The highest BCUT2D eigenvalue weighted by molar-refractivity contribution is 6.05. The Morgan fingerprint density at radius 3 is 2.52 bits per heavy atom. The summed E-state index contributed by atoms with van der Waals surface area (Å²) in [4.78, 5) is 48.9. The number of anilines is 1. The van der Waals surface area contributed by atoms with Gasteiger partial charge in [-0.05, 0) is 66.9 Å². The van der Waals surface area contributed by atoms with E-state index in [-0.39, 0.29) is 49.8 Å². The number of hydrogen-bond donors (Lipinski definition) is 2. The van der Waals surface area contributed by atoms with Crippen LogP contribution in [0.2, 0.25) is 0 Å². The number of carbonyl (C=O) groups is 3. The number of hydrogen-bond acceptors (Lipinski definition) is 9. The van der Waals surface area contributed by atoms with E-state index in [1.54, 1.807) is 10.7 Å². The van der Waals surface area contributed by atoms with E-state index in [9.17, 15) is 14.4 Å². The highest BCUT2D eigenvalue weighted by Gasteiger charge is 2.40. The Morgan fingerprint density at radius 1 is 0.980 bits per heavy atom. The number of aromatic nitrogens is 4. The average Bonchev–Trinajstić information content (AvgIpc) is 3.64. The maximum atomic E-state index is 16.1. The third kappa shape index (κ3) is 5.70. The Labute approximate surface area is 284 Å². The number of alkyl halides is 1. The molecular weight excluding hydrogens is 646 g/mol. The Balaban J connectivity index is 0.987. The monoisotopic (exact) mass is 678 g/mol. The maximum Gasteiger partial charge on any atom is 0.255 e. The van der Waals surface area contributed by atoms with Gasteiger partial charge in [0.2, 0.25) is 11.8 Å². The Kier molecular flexibility index (Phi) is 7.94. The molecule has 8 rings (SSSR count). The van der Waals surface area contributed by atoms with Crippen LogP contribution < -0.4 is 15.8 Å². The number of nitrogens with zero attached hydrogens (tertiary/aromatic N) is 6. The number of carbonyl (C=O) groups excluding carboxylic acids is 3. The van der Waals surface area contributed by atoms with Gasteiger partial charge in [0.15, 0.2) is 5.65 Å². The molecule has 1 unspecified atom stereocenters. The van der Waals surface area contributed by atoms with E-state index in [2.05, 4.69) is 15.3 Å². The first kappa shape index (κ1) is 31.5. The Hall–Kier alpha value is -5.76. The van der Waals surface area contributed by atoms with Gasteiger partial charge in [-0.25, -0.2) is 23.4 Å². The topological polar surface area (TPSA) is 149 Å². The number of nitrogens with one attached hydrogen (secondary N) is 1. The van der Waals surface area contributed by atoms with Crippen molar-refractivity contribution in [3.05, 3.63) is 95.6 Å². The summed E-state index contributed by atoms with van der Waals surface area (Å²) in [6, 6.07) is 18.2. The zero-order valence-corrected chi connectivity index (χ0v) is 26.8. The molecule has 2 aromatic heterocycles. The number of halogens is 2. The second kappa shape index (κ2) is 12.6. The quantitative estimate of drug-likeness (QED) is 0.237. The molecule has 3 aliphatic heterocycles. The van der Waals surface area contributed by atoms with Crippen molar-refractivity contribution in [2.24, 2.45) is 0 Å². The highest BCUT2D eigenvalue weighted by atomic mass is 19.1. The van der Waals surface area contributed by atoms with Crippen LogP contribution in [0.5, 0.6) is 11.5 Å². The molecule has 0 bridgehead atoms. The van der Waals surface area contributed by atoms with Crippen molar-refractivity contribution in [2.75, 3.05) is 18.8 Å². The van der Waals surface area contributed by atoms with Gasteiger partial charge < -0.3 is 15.4 Å². The van der Waals surface area contributed by atoms with Crippen LogP contribution in [-0.4, -0.2) is 72.6 Å². The average molecular weight is 679 g/mol. The molecule has 2 saturated heterocycles. The first-order valence-electron chi connectivity index (χ1n) is 16.4. The number of fused-ring (bicyclic) bond motifs is 2. The van der Waals surface area contributed by atoms with Gasteiger partial charge in [0.1, 0.15) is 47.4 Å². The lowest BCUT2D eigenvalue weighted by molar-refractivity contribution is -0.136. The standard InChI is InChI=1S/C36H32F2N8O4/c37-26-15-25-21(17-45(36(25)49)29-10-11-30(47)42-35(29)48)14-22(26)16-44-13-12-28(27(38)18-44)46-34-31(33(39)40-19-41-34)32(43-46)20-6-8-24(9-7-20)50-23-4-2-1-3-5-23/h1-9,14-15,19,27-29H,10-13,16-18H2,(H2,39,40,41)(H,42,47,48)/t27-,28+,29?/m1/s1. The minimum Gasteiger partial charge on any atom is -0.457 e. The Bertz CT molecular complexity index is 2140. The summed E-state index contributed by atoms with van der Waals surface area (Å²) >= 11 is 0. The normalized spacial score (nSPS) is 21.0. The maximum absolute atomic E-state index is 16.1. The van der Waals surface area contributed by atoms with Crippen molar-refractivity contribution in [3.8, 4) is 22.8 Å². The minimum atomic E-state index is -1.36. The first-order chi connectivity index (χ1) is 24.2. The third-order valence-corrected chi connectivity index (χ3v) is 9.61. The second-order valence-electron chi connectivity index (χ2n) is 12.8. The molecule has 3 atom stereocenters. The number of amides is 3. The number of nitrogen functional groups attached to an aromatic ring is 1. The number of likely N-dealkylation sites (tertiary alicyclic amines) is 1. The zero-order valence-electron chi connectivity index (χ0n) is 26.8. The van der Waals surface area contributed by atoms with E-state index in [0.29, 0.717) is 52.3 Å². The van der Waals surface area contributed by atoms with Gasteiger partial charge in [-0.3, -0.25) is 24.6 Å². The summed E-state index contributed by atoms with van der Waals surface area (Å²) in [6.45, 7) is 0.734. The molecule has 14 heteroatoms. The van der Waals surface area contributed by atoms with E-state index in [1.807, 2.05) is 59.5 Å². The number of benzene rings is 3. The smallest absolute Gasteiger partial charge is 0.255 e. The van der Waals surface area contributed by atoms with E-state index < -0.39 is 35.9 Å². The van der Waals surface area contributed by atoms with Crippen molar-refractivity contribution < 1.29 is 27.9 Å². The molecule has 3 aromatic carbocycles. The van der Waals surface area contributed by atoms with Gasteiger partial charge in [-0.15, -0.1) is 0 Å². The summed E-state index contributed by atoms with van der Waals surface area (Å²) < 4.78 is 38.9. The van der Waals surface area contributed by atoms with E-state index in [0.717, 1.165) is 5.56 Å². The second-order valence-corrected chi connectivity index (χ2v) is 12.8. The lowest BCUT2D eigenvalue weighted by atomic mass is 10.0. The minimum absolute atomic E-state index is 0.0191. The largest absolute Gasteiger partial charge is 0.457 e. The van der Waals surface area contributed by atoms with Crippen LogP contribution in [0.3, 0.4) is 0 Å². The molecule has 0 radical (unpaired) electrons. The van der Waals surface area contributed by atoms with Crippen LogP contribution in [0.1, 0.15) is 46.8 Å². The fraction of sp³-hybridized carbons (Fsp3) is 0.278. The van der Waals surface area contributed by atoms with Crippen LogP contribution in [-0.2, 0) is 22.7 Å². The summed E-state index contributed by atoms with van der Waals surface area (Å²) in [6.07, 6.45) is 0.693. The number of imide groups is 1. The summed E-state index contributed by atoms with van der Waals surface area (Å²) in [5.41, 5.74) is 9.12. The summed E-state index contributed by atoms with van der Waals surface area (Å²) in [5, 5.41) is 7.62. The Morgan fingerprint density at radius 2 is 1.76 bits per heavy atom. The lowest BCUT2D eigenvalue weighted by Gasteiger charge is -2.35. The van der Waals surface area contributed by atoms with Gasteiger partial charge in [0.25, 0.3) is 5.91 Å². The van der Waals surface area contributed by atoms with Crippen molar-refractivity contribution in [2.45, 2.75) is 50.6 Å². The highest BCUT2D eigenvalue weighted by Crippen LogP contribution is 2.37. The summed E-state index contributed by atoms with van der Waals surface area (Å²) in [7, 11) is 0. The molecule has 3 amide bonds. The molecule has 0 saturated carbocycles. The van der Waals surface area contributed by atoms with Crippen LogP contribution in [0.15, 0.2) is 73.1 Å². The van der Waals surface area contributed by atoms with Crippen LogP contribution in [0.4, 0.5) is 14.6 Å². The molecule has 50 heavy (non-hydrogen) atoms. The predicted molar refractivity (Wildman–Crippen MR) is 178 cm³/mol. The summed E-state index contributed by atoms with van der Waals surface area (Å²) in [5.74, 6) is -0.350. The van der Waals surface area contributed by atoms with E-state index >= 15 is 8.78 Å². The molecular formula is C36H32F2N8O4. The third-order valence-electron chi connectivity index (χ3n) is 9.61. The van der Waals surface area contributed by atoms with Gasteiger partial charge in [-0.1, -0.05) is 18.2 Å². The number of ether oxygens (including phenoxy) is 1. The van der Waals surface area contributed by atoms with Gasteiger partial charge in [0.05, 0.1) is 11.4 Å². The molecule has 2 fully saturated rings. The van der Waals surface area contributed by atoms with Crippen LogP contribution in [0.25, 0.3) is 22.3 Å². The van der Waals surface area contributed by atoms with Crippen LogP contribution >= 0.6 is 0 Å². The SMILES string of the molecule is Nc1ncnc2c1c(-c1ccc(Oc3ccccc3)cc1)nn2[C@H]1CCN(Cc2cc3c(cc2F)C(=O)N(C2CCC(=O)NC2=O)C3)C[C@H]1F. The first-order valence-corrected chi connectivity index (χ1v) is 16.4. The number of nitrogens with two attached hydrogens (primary N) is 1. The van der Waals surface area contributed by atoms with Crippen molar-refractivity contribution in [3.63, 3.8) is 0 Å². The number of para-hydroxylation sites is 1. The fourth-order valence-electron chi connectivity index (χ4n) is 7.11. The molecule has 0 spiro atoms. The molecule has 254 valence electrons. The lowest BCUT2D eigenvalue weighted by Crippen LogP contribution is -2.52. The van der Waals surface area contributed by atoms with Gasteiger partial charge in [-0.2, -0.15) is 5.10 Å². The molecule has 12 nitrogen and oxygen atoms in total. The molecule has 5 heterocycles. The zero-order chi connectivity index (χ0) is 34.5. The van der Waals surface area contributed by atoms with E-state index in [4.69, 9.17) is 15.6 Å². The molecule has 0 aliphatic carbocycles. The fourth-order valence-corrected chi connectivity index (χ4v) is 7.11. The van der Waals surface area contributed by atoms with Gasteiger partial charge >= 0.3 is 0 Å². The molecule has 3 aliphatic rings. The molecule has 5 aromatic rings. The number of piperidine rings is 2.